The molecule has 1 aromatic rings. The predicted octanol–water partition coefficient (Wildman–Crippen LogP) is 2.55. The highest BCUT2D eigenvalue weighted by Gasteiger charge is 2.32. The van der Waals surface area contributed by atoms with Gasteiger partial charge < -0.3 is 4.90 Å². The van der Waals surface area contributed by atoms with Crippen LogP contribution in [0.2, 0.25) is 0 Å². The van der Waals surface area contributed by atoms with Gasteiger partial charge in [-0.2, -0.15) is 4.31 Å². The molecule has 1 heterocycles. The second-order valence-electron chi connectivity index (χ2n) is 5.25. The van der Waals surface area contributed by atoms with Crippen molar-refractivity contribution in [2.75, 3.05) is 26.7 Å². The van der Waals surface area contributed by atoms with E-state index in [1.54, 1.807) is 22.5 Å². The van der Waals surface area contributed by atoms with Crippen LogP contribution in [0.4, 0.5) is 0 Å². The van der Waals surface area contributed by atoms with Crippen molar-refractivity contribution in [1.82, 2.24) is 9.21 Å². The minimum Gasteiger partial charge on any atom is -0.305 e. The first-order valence-corrected chi connectivity index (χ1v) is 9.14. The second-order valence-corrected chi connectivity index (χ2v) is 8.06. The summed E-state index contributed by atoms with van der Waals surface area (Å²) in [6.07, 6.45) is 1.71. The van der Waals surface area contributed by atoms with Crippen molar-refractivity contribution < 1.29 is 8.42 Å². The van der Waals surface area contributed by atoms with Crippen LogP contribution in [0.5, 0.6) is 0 Å². The van der Waals surface area contributed by atoms with Crippen LogP contribution in [0.1, 0.15) is 19.8 Å². The second kappa shape index (κ2) is 6.56. The van der Waals surface area contributed by atoms with Crippen molar-refractivity contribution in [3.05, 3.63) is 28.7 Å². The van der Waals surface area contributed by atoms with Gasteiger partial charge in [0.15, 0.2) is 0 Å². The first kappa shape index (κ1) is 15.9. The van der Waals surface area contributed by atoms with E-state index < -0.39 is 10.0 Å². The summed E-state index contributed by atoms with van der Waals surface area (Å²) in [6, 6.07) is 7.00. The zero-order valence-electron chi connectivity index (χ0n) is 11.9. The maximum absolute atomic E-state index is 12.9. The maximum Gasteiger partial charge on any atom is 0.243 e. The van der Waals surface area contributed by atoms with Gasteiger partial charge in [-0.1, -0.05) is 28.9 Å². The third-order valence-corrected chi connectivity index (χ3v) is 6.16. The summed E-state index contributed by atoms with van der Waals surface area (Å²) >= 11 is 3.34. The molecule has 1 aromatic carbocycles. The Morgan fingerprint density at radius 1 is 1.35 bits per heavy atom. The number of sulfonamides is 1. The molecule has 0 bridgehead atoms. The fraction of sp³-hybridized carbons (Fsp3) is 0.571. The lowest BCUT2D eigenvalue weighted by atomic mass is 10.2. The highest BCUT2D eigenvalue weighted by Crippen LogP contribution is 2.24. The van der Waals surface area contributed by atoms with Gasteiger partial charge in [-0.15, -0.1) is 0 Å². The molecule has 4 nitrogen and oxygen atoms in total. The highest BCUT2D eigenvalue weighted by molar-refractivity contribution is 9.10. The molecule has 0 radical (unpaired) electrons. The van der Waals surface area contributed by atoms with Gasteiger partial charge in [0.2, 0.25) is 10.0 Å². The van der Waals surface area contributed by atoms with Crippen molar-refractivity contribution >= 4 is 26.0 Å². The number of hydrogen-bond donors (Lipinski definition) is 0. The van der Waals surface area contributed by atoms with Gasteiger partial charge >= 0.3 is 0 Å². The molecular formula is C14H21BrN2O2S. The third kappa shape index (κ3) is 3.42. The van der Waals surface area contributed by atoms with Crippen molar-refractivity contribution in [2.45, 2.75) is 30.7 Å². The largest absolute Gasteiger partial charge is 0.305 e. The van der Waals surface area contributed by atoms with E-state index in [0.717, 1.165) is 30.4 Å². The Morgan fingerprint density at radius 3 is 2.75 bits per heavy atom. The van der Waals surface area contributed by atoms with E-state index in [2.05, 4.69) is 27.9 Å². The molecule has 1 unspecified atom stereocenters. The molecule has 112 valence electrons. The summed E-state index contributed by atoms with van der Waals surface area (Å²) in [5.74, 6) is 0. The number of hydrogen-bond acceptors (Lipinski definition) is 3. The quantitative estimate of drug-likeness (QED) is 0.831. The number of benzene rings is 1. The number of nitrogens with zero attached hydrogens (tertiary/aromatic N) is 2. The third-order valence-electron chi connectivity index (χ3n) is 3.72. The summed E-state index contributed by atoms with van der Waals surface area (Å²) < 4.78 is 28.2. The fourth-order valence-electron chi connectivity index (χ4n) is 2.63. The Morgan fingerprint density at radius 2 is 2.10 bits per heavy atom. The molecule has 0 N–H and O–H groups in total. The Labute approximate surface area is 129 Å². The molecule has 2 rings (SSSR count). The first-order valence-electron chi connectivity index (χ1n) is 6.91. The molecule has 0 aliphatic carbocycles. The van der Waals surface area contributed by atoms with Crippen LogP contribution in [0.25, 0.3) is 0 Å². The van der Waals surface area contributed by atoms with Gasteiger partial charge in [0.05, 0.1) is 4.90 Å². The molecule has 0 spiro atoms. The molecular weight excluding hydrogens is 340 g/mol. The van der Waals surface area contributed by atoms with E-state index in [0.29, 0.717) is 11.4 Å². The summed E-state index contributed by atoms with van der Waals surface area (Å²) in [7, 11) is -1.36. The van der Waals surface area contributed by atoms with Crippen LogP contribution >= 0.6 is 15.9 Å². The topological polar surface area (TPSA) is 40.6 Å². The summed E-state index contributed by atoms with van der Waals surface area (Å²) in [5, 5.41) is 0. The van der Waals surface area contributed by atoms with Crippen molar-refractivity contribution in [2.24, 2.45) is 0 Å². The van der Waals surface area contributed by atoms with Gasteiger partial charge in [-0.3, -0.25) is 0 Å². The van der Waals surface area contributed by atoms with Crippen LogP contribution < -0.4 is 0 Å². The van der Waals surface area contributed by atoms with Crippen LogP contribution in [0.3, 0.4) is 0 Å². The Balaban J connectivity index is 2.36. The minimum absolute atomic E-state index is 0.0477. The first-order chi connectivity index (χ1) is 9.45. The van der Waals surface area contributed by atoms with Crippen molar-refractivity contribution in [3.63, 3.8) is 0 Å². The zero-order valence-corrected chi connectivity index (χ0v) is 14.3. The van der Waals surface area contributed by atoms with Crippen molar-refractivity contribution in [1.29, 1.82) is 0 Å². The molecule has 1 fully saturated rings. The van der Waals surface area contributed by atoms with E-state index in [4.69, 9.17) is 0 Å². The molecule has 0 saturated carbocycles. The zero-order chi connectivity index (χ0) is 14.8. The lowest BCUT2D eigenvalue weighted by molar-refractivity contribution is 0.270. The molecule has 20 heavy (non-hydrogen) atoms. The molecule has 6 heteroatoms. The smallest absolute Gasteiger partial charge is 0.243 e. The van der Waals surface area contributed by atoms with Crippen LogP contribution in [-0.4, -0.2) is 50.3 Å². The van der Waals surface area contributed by atoms with E-state index in [1.807, 2.05) is 13.0 Å². The van der Waals surface area contributed by atoms with Gasteiger partial charge in [-0.05, 0) is 44.6 Å². The van der Waals surface area contributed by atoms with Crippen molar-refractivity contribution in [3.8, 4) is 0 Å². The van der Waals surface area contributed by atoms with E-state index in [9.17, 15) is 8.42 Å². The van der Waals surface area contributed by atoms with E-state index >= 15 is 0 Å². The van der Waals surface area contributed by atoms with Crippen LogP contribution in [0, 0.1) is 0 Å². The normalized spacial score (nSPS) is 22.6. The lowest BCUT2D eigenvalue weighted by Gasteiger charge is -2.29. The molecule has 1 aliphatic heterocycles. The maximum atomic E-state index is 12.9. The van der Waals surface area contributed by atoms with Gasteiger partial charge in [0.25, 0.3) is 0 Å². The minimum atomic E-state index is -3.42. The van der Waals surface area contributed by atoms with Crippen LogP contribution in [-0.2, 0) is 10.0 Å². The predicted molar refractivity (Wildman–Crippen MR) is 84.2 cm³/mol. The number of likely N-dealkylation sites (N-methyl/N-ethyl adjacent to an activating group) is 1. The SMILES string of the molecule is CCC1CN(C)CCCN1S(=O)(=O)c1cccc(Br)c1. The molecule has 1 atom stereocenters. The lowest BCUT2D eigenvalue weighted by Crippen LogP contribution is -2.43. The van der Waals surface area contributed by atoms with E-state index in [-0.39, 0.29) is 6.04 Å². The standard InChI is InChI=1S/C14H21BrN2O2S/c1-3-13-11-16(2)8-5-9-17(13)20(18,19)14-7-4-6-12(15)10-14/h4,6-7,10,13H,3,5,8-9,11H2,1-2H3. The Kier molecular flexibility index (Phi) is 5.23. The Hall–Kier alpha value is -0.430. The fourth-order valence-corrected chi connectivity index (χ4v) is 4.96. The highest BCUT2D eigenvalue weighted by atomic mass is 79.9. The summed E-state index contributed by atoms with van der Waals surface area (Å²) in [5.41, 5.74) is 0. The monoisotopic (exact) mass is 360 g/mol. The molecule has 0 aromatic heterocycles. The average Bonchev–Trinajstić information content (AvgIpc) is 2.60. The summed E-state index contributed by atoms with van der Waals surface area (Å²) in [4.78, 5) is 2.58. The van der Waals surface area contributed by atoms with E-state index in [1.165, 1.54) is 0 Å². The number of halogens is 1. The number of rotatable bonds is 3. The van der Waals surface area contributed by atoms with Gasteiger partial charge in [0.1, 0.15) is 0 Å². The van der Waals surface area contributed by atoms with Crippen LogP contribution in [0.15, 0.2) is 33.6 Å². The molecule has 0 amide bonds. The average molecular weight is 361 g/mol. The molecule has 1 saturated heterocycles. The van der Waals surface area contributed by atoms with Gasteiger partial charge in [0, 0.05) is 23.6 Å². The van der Waals surface area contributed by atoms with Gasteiger partial charge in [-0.25, -0.2) is 8.42 Å². The molecule has 1 aliphatic rings. The summed E-state index contributed by atoms with van der Waals surface area (Å²) in [6.45, 7) is 4.38. The Bertz CT molecular complexity index is 562.